The lowest BCUT2D eigenvalue weighted by Crippen LogP contribution is -2.51. The van der Waals surface area contributed by atoms with Crippen LogP contribution in [0.5, 0.6) is 0 Å². The monoisotopic (exact) mass is 592 g/mol. The van der Waals surface area contributed by atoms with E-state index in [0.717, 1.165) is 57.4 Å². The van der Waals surface area contributed by atoms with Crippen molar-refractivity contribution in [3.8, 4) is 11.3 Å². The first-order chi connectivity index (χ1) is 20.6. The van der Waals surface area contributed by atoms with E-state index in [2.05, 4.69) is 55.8 Å². The summed E-state index contributed by atoms with van der Waals surface area (Å²) in [5.41, 5.74) is 2.08. The van der Waals surface area contributed by atoms with Crippen LogP contribution in [0.2, 0.25) is 0 Å². The fraction of sp³-hybridized carbons (Fsp3) is 0.500. The molecule has 1 aliphatic heterocycles. The Morgan fingerprint density at radius 1 is 1.07 bits per heavy atom. The Morgan fingerprint density at radius 2 is 1.86 bits per heavy atom. The molecule has 5 rings (SSSR count). The third-order valence-electron chi connectivity index (χ3n) is 8.20. The fourth-order valence-corrected chi connectivity index (χ4v) is 5.89. The number of morpholine rings is 1. The minimum atomic E-state index is -0.644. The number of pyridine rings is 1. The second-order valence-corrected chi connectivity index (χ2v) is 11.8. The number of rotatable bonds is 11. The zero-order chi connectivity index (χ0) is 30.7. The van der Waals surface area contributed by atoms with Gasteiger partial charge >= 0.3 is 0 Å². The number of hydrogen-bond donors (Lipinski definition) is 1. The highest BCUT2D eigenvalue weighted by Crippen LogP contribution is 2.30. The van der Waals surface area contributed by atoms with E-state index in [1.165, 1.54) is 6.07 Å². The molecule has 43 heavy (non-hydrogen) atoms. The smallest absolute Gasteiger partial charge is 0.229 e. The minimum Gasteiger partial charge on any atom is -0.373 e. The molecule has 1 N–H and O–H groups in total. The molecule has 0 saturated carbocycles. The van der Waals surface area contributed by atoms with E-state index in [4.69, 9.17) is 4.74 Å². The van der Waals surface area contributed by atoms with Crippen molar-refractivity contribution >= 4 is 22.8 Å². The van der Waals surface area contributed by atoms with Gasteiger partial charge in [0.2, 0.25) is 5.95 Å². The van der Waals surface area contributed by atoms with Crippen LogP contribution in [0.1, 0.15) is 58.5 Å². The molecular formula is C32H42F2N8O. The molecule has 1 atom stereocenters. The molecule has 1 saturated heterocycles. The number of hydrogen-bond acceptors (Lipinski definition) is 8. The zero-order valence-corrected chi connectivity index (χ0v) is 26.0. The molecule has 230 valence electrons. The summed E-state index contributed by atoms with van der Waals surface area (Å²) in [4.78, 5) is 22.2. The molecule has 11 heteroatoms. The van der Waals surface area contributed by atoms with Gasteiger partial charge in [0.05, 0.1) is 23.9 Å². The molecule has 0 aliphatic carbocycles. The number of fused-ring (bicyclic) bond motifs is 1. The zero-order valence-electron chi connectivity index (χ0n) is 26.0. The molecule has 0 bridgehead atoms. The number of anilines is 2. The van der Waals surface area contributed by atoms with Gasteiger partial charge in [-0.3, -0.25) is 4.90 Å². The Morgan fingerprint density at radius 3 is 2.56 bits per heavy atom. The van der Waals surface area contributed by atoms with Gasteiger partial charge in [0, 0.05) is 44.0 Å². The predicted molar refractivity (Wildman–Crippen MR) is 165 cm³/mol. The van der Waals surface area contributed by atoms with Crippen LogP contribution in [0.4, 0.5) is 20.5 Å². The first kappa shape index (κ1) is 30.9. The van der Waals surface area contributed by atoms with E-state index in [0.29, 0.717) is 29.3 Å². The number of nitrogens with one attached hydrogen (secondary N) is 1. The lowest BCUT2D eigenvalue weighted by Gasteiger charge is -2.41. The van der Waals surface area contributed by atoms with Crippen LogP contribution in [0.3, 0.4) is 0 Å². The highest BCUT2D eigenvalue weighted by atomic mass is 19.1. The average molecular weight is 593 g/mol. The number of nitrogens with zero attached hydrogens (tertiary/aromatic N) is 7. The van der Waals surface area contributed by atoms with E-state index in [-0.39, 0.29) is 28.8 Å². The maximum atomic E-state index is 15.0. The van der Waals surface area contributed by atoms with Crippen molar-refractivity contribution in [3.63, 3.8) is 0 Å². The van der Waals surface area contributed by atoms with Gasteiger partial charge in [-0.15, -0.1) is 0 Å². The average Bonchev–Trinajstić information content (AvgIpc) is 3.32. The highest BCUT2D eigenvalue weighted by molar-refractivity contribution is 5.83. The Bertz CT molecular complexity index is 1550. The normalized spacial score (nSPS) is 17.8. The minimum absolute atomic E-state index is 0.000407. The lowest BCUT2D eigenvalue weighted by atomic mass is 9.99. The molecule has 4 heterocycles. The molecule has 3 aromatic heterocycles. The molecule has 4 aromatic rings. The molecule has 1 fully saturated rings. The first-order valence-electron chi connectivity index (χ1n) is 15.1. The van der Waals surface area contributed by atoms with Gasteiger partial charge < -0.3 is 19.5 Å². The van der Waals surface area contributed by atoms with Crippen molar-refractivity contribution in [2.75, 3.05) is 44.6 Å². The number of ether oxygens (including phenoxy) is 1. The summed E-state index contributed by atoms with van der Waals surface area (Å²) in [6, 6.07) is 6.92. The van der Waals surface area contributed by atoms with Crippen LogP contribution in [-0.4, -0.2) is 79.2 Å². The fourth-order valence-electron chi connectivity index (χ4n) is 5.89. The molecular weight excluding hydrogens is 550 g/mol. The SMILES string of the molecule is CCN(CC)CC[C@]1(C)CN(Cc2ccc(Nc3ncc(F)c(-c4cc(F)c5nc(C)n(C(C)C)c5c4)n3)nc2)CCO1. The standard InChI is InChI=1S/C32H42F2N8O/c1-7-40(8-2)12-11-32(6)20-41(13-14-43-32)19-23-9-10-28(35-17-23)38-31-36-18-26(34)29(39-31)24-15-25(33)30-27(16-24)42(21(3)4)22(5)37-30/h9-10,15-18,21H,7-8,11-14,19-20H2,1-6H3,(H,35,36,38,39)/t32-/m1/s1. The van der Waals surface area contributed by atoms with E-state index >= 15 is 4.39 Å². The van der Waals surface area contributed by atoms with E-state index in [9.17, 15) is 4.39 Å². The maximum absolute atomic E-state index is 15.0. The lowest BCUT2D eigenvalue weighted by molar-refractivity contribution is -0.107. The van der Waals surface area contributed by atoms with Crippen molar-refractivity contribution in [3.05, 3.63) is 59.7 Å². The summed E-state index contributed by atoms with van der Waals surface area (Å²) < 4.78 is 38.1. The third kappa shape index (κ3) is 7.00. The van der Waals surface area contributed by atoms with Gasteiger partial charge in [0.15, 0.2) is 11.6 Å². The van der Waals surface area contributed by atoms with E-state index in [1.807, 2.05) is 43.7 Å². The molecule has 9 nitrogen and oxygen atoms in total. The second-order valence-electron chi connectivity index (χ2n) is 11.8. The molecule has 1 aromatic carbocycles. The third-order valence-corrected chi connectivity index (χ3v) is 8.20. The molecule has 0 radical (unpaired) electrons. The van der Waals surface area contributed by atoms with Crippen molar-refractivity contribution in [2.45, 2.75) is 66.2 Å². The van der Waals surface area contributed by atoms with Crippen LogP contribution in [0, 0.1) is 18.6 Å². The van der Waals surface area contributed by atoms with Crippen molar-refractivity contribution in [2.24, 2.45) is 0 Å². The van der Waals surface area contributed by atoms with Crippen LogP contribution >= 0.6 is 0 Å². The summed E-state index contributed by atoms with van der Waals surface area (Å²) in [6.45, 7) is 18.8. The number of aromatic nitrogens is 5. The van der Waals surface area contributed by atoms with Gasteiger partial charge in [-0.25, -0.2) is 28.7 Å². The van der Waals surface area contributed by atoms with Crippen LogP contribution in [0.25, 0.3) is 22.3 Å². The topological polar surface area (TPSA) is 84.2 Å². The summed E-state index contributed by atoms with van der Waals surface area (Å²) in [5, 5.41) is 3.06. The number of aryl methyl sites for hydroxylation is 1. The molecule has 0 spiro atoms. The quantitative estimate of drug-likeness (QED) is 0.223. The molecule has 0 unspecified atom stereocenters. The van der Waals surface area contributed by atoms with Crippen LogP contribution in [-0.2, 0) is 11.3 Å². The van der Waals surface area contributed by atoms with Gasteiger partial charge in [0.25, 0.3) is 0 Å². The van der Waals surface area contributed by atoms with Gasteiger partial charge in [0.1, 0.15) is 22.9 Å². The Kier molecular flexibility index (Phi) is 9.33. The van der Waals surface area contributed by atoms with Crippen LogP contribution < -0.4 is 5.32 Å². The van der Waals surface area contributed by atoms with Gasteiger partial charge in [-0.1, -0.05) is 19.9 Å². The summed E-state index contributed by atoms with van der Waals surface area (Å²) >= 11 is 0. The van der Waals surface area contributed by atoms with Crippen molar-refractivity contribution in [1.29, 1.82) is 0 Å². The summed E-state index contributed by atoms with van der Waals surface area (Å²) in [6.07, 6.45) is 3.91. The largest absolute Gasteiger partial charge is 0.373 e. The van der Waals surface area contributed by atoms with E-state index < -0.39 is 11.6 Å². The second kappa shape index (κ2) is 13.0. The van der Waals surface area contributed by atoms with Crippen molar-refractivity contribution in [1.82, 2.24) is 34.3 Å². The predicted octanol–water partition coefficient (Wildman–Crippen LogP) is 6.12. The number of benzene rings is 1. The maximum Gasteiger partial charge on any atom is 0.229 e. The number of imidazole rings is 1. The number of halogens is 2. The van der Waals surface area contributed by atoms with E-state index in [1.54, 1.807) is 6.07 Å². The van der Waals surface area contributed by atoms with Gasteiger partial charge in [-0.05, 0) is 71.0 Å². The Hall–Kier alpha value is -3.54. The highest BCUT2D eigenvalue weighted by Gasteiger charge is 2.32. The Balaban J connectivity index is 1.27. The first-order valence-corrected chi connectivity index (χ1v) is 15.1. The molecule has 0 amide bonds. The molecule has 1 aliphatic rings. The van der Waals surface area contributed by atoms with Crippen LogP contribution in [0.15, 0.2) is 36.7 Å². The Labute approximate surface area is 252 Å². The van der Waals surface area contributed by atoms with Gasteiger partial charge in [-0.2, -0.15) is 0 Å². The summed E-state index contributed by atoms with van der Waals surface area (Å²) in [7, 11) is 0. The van der Waals surface area contributed by atoms with Crippen molar-refractivity contribution < 1.29 is 13.5 Å². The summed E-state index contributed by atoms with van der Waals surface area (Å²) in [5.74, 6) is 0.225.